The first-order valence-electron chi connectivity index (χ1n) is 7.64. The highest BCUT2D eigenvalue weighted by atomic mass is 32.1. The summed E-state index contributed by atoms with van der Waals surface area (Å²) in [4.78, 5) is 18.3. The van der Waals surface area contributed by atoms with Crippen LogP contribution in [-0.4, -0.2) is 54.8 Å². The van der Waals surface area contributed by atoms with Gasteiger partial charge < -0.3 is 9.47 Å². The lowest BCUT2D eigenvalue weighted by Crippen LogP contribution is -2.45. The summed E-state index contributed by atoms with van der Waals surface area (Å²) >= 11 is 1.56. The zero-order valence-corrected chi connectivity index (χ0v) is 14.3. The van der Waals surface area contributed by atoms with Gasteiger partial charge >= 0.3 is 5.97 Å². The molecule has 1 saturated heterocycles. The highest BCUT2D eigenvalue weighted by Gasteiger charge is 2.21. The normalized spacial score (nSPS) is 19.9. The molecule has 1 atom stereocenters. The molecule has 0 saturated carbocycles. The third-order valence-electron chi connectivity index (χ3n) is 3.28. The molecule has 1 aromatic rings. The van der Waals surface area contributed by atoms with E-state index in [9.17, 15) is 4.79 Å². The monoisotopic (exact) mass is 324 g/mol. The molecule has 0 radical (unpaired) electrons. The van der Waals surface area contributed by atoms with Gasteiger partial charge in [0.25, 0.3) is 0 Å². The van der Waals surface area contributed by atoms with E-state index in [1.54, 1.807) is 17.4 Å². The van der Waals surface area contributed by atoms with E-state index in [1.165, 1.54) is 6.08 Å². The number of aryl methyl sites for hydroxylation is 1. The number of rotatable bonds is 6. The van der Waals surface area contributed by atoms with Crippen molar-refractivity contribution in [3.05, 3.63) is 22.2 Å². The Morgan fingerprint density at radius 1 is 1.64 bits per heavy atom. The molecule has 22 heavy (non-hydrogen) atoms. The molecule has 0 bridgehead atoms. The van der Waals surface area contributed by atoms with Crippen LogP contribution in [0.4, 0.5) is 0 Å². The number of carbonyl (C=O) groups excluding carboxylic acids is 1. The van der Waals surface area contributed by atoms with E-state index in [2.05, 4.69) is 23.7 Å². The van der Waals surface area contributed by atoms with Gasteiger partial charge in [-0.05, 0) is 18.9 Å². The first-order valence-corrected chi connectivity index (χ1v) is 8.52. The second kappa shape index (κ2) is 8.41. The number of hydrogen-bond donors (Lipinski definition) is 0. The predicted molar refractivity (Wildman–Crippen MR) is 87.9 cm³/mol. The zero-order valence-electron chi connectivity index (χ0n) is 13.4. The summed E-state index contributed by atoms with van der Waals surface area (Å²) in [7, 11) is 0. The van der Waals surface area contributed by atoms with E-state index in [-0.39, 0.29) is 12.1 Å². The van der Waals surface area contributed by atoms with Gasteiger partial charge in [0.2, 0.25) is 0 Å². The molecule has 1 aliphatic rings. The maximum absolute atomic E-state index is 11.7. The summed E-state index contributed by atoms with van der Waals surface area (Å²) in [5.74, 6) is 0.279. The molecule has 1 aliphatic heterocycles. The second-order valence-electron chi connectivity index (χ2n) is 5.90. The summed E-state index contributed by atoms with van der Waals surface area (Å²) in [6.07, 6.45) is 3.06. The molecule has 1 unspecified atom stereocenters. The fourth-order valence-corrected chi connectivity index (χ4v) is 2.98. The Morgan fingerprint density at radius 2 is 2.45 bits per heavy atom. The summed E-state index contributed by atoms with van der Waals surface area (Å²) in [5.41, 5.74) is 0.788. The molecule has 0 spiro atoms. The van der Waals surface area contributed by atoms with Crippen LogP contribution >= 0.6 is 11.3 Å². The molecule has 1 fully saturated rings. The molecule has 2 heterocycles. The van der Waals surface area contributed by atoms with E-state index in [0.29, 0.717) is 19.1 Å². The number of thiazole rings is 1. The van der Waals surface area contributed by atoms with Gasteiger partial charge in [-0.1, -0.05) is 13.8 Å². The van der Waals surface area contributed by atoms with Crippen molar-refractivity contribution in [1.82, 2.24) is 9.88 Å². The van der Waals surface area contributed by atoms with Crippen molar-refractivity contribution in [2.45, 2.75) is 26.9 Å². The number of hydrogen-bond acceptors (Lipinski definition) is 6. The van der Waals surface area contributed by atoms with Crippen molar-refractivity contribution in [3.63, 3.8) is 0 Å². The van der Waals surface area contributed by atoms with E-state index in [1.807, 2.05) is 12.3 Å². The molecule has 1 aromatic heterocycles. The maximum atomic E-state index is 11.7. The first-order chi connectivity index (χ1) is 10.5. The van der Waals surface area contributed by atoms with Gasteiger partial charge in [0, 0.05) is 31.1 Å². The summed E-state index contributed by atoms with van der Waals surface area (Å²) in [6.45, 7) is 10.2. The van der Waals surface area contributed by atoms with Crippen LogP contribution in [0.15, 0.2) is 11.5 Å². The van der Waals surface area contributed by atoms with Gasteiger partial charge in [-0.25, -0.2) is 9.78 Å². The molecule has 0 amide bonds. The fraction of sp³-hybridized carbons (Fsp3) is 0.625. The van der Waals surface area contributed by atoms with Gasteiger partial charge in [0.05, 0.1) is 17.3 Å². The fourth-order valence-electron chi connectivity index (χ4n) is 2.40. The third kappa shape index (κ3) is 5.87. The summed E-state index contributed by atoms with van der Waals surface area (Å²) in [5, 5.41) is 2.89. The number of nitrogens with zero attached hydrogens (tertiary/aromatic N) is 2. The van der Waals surface area contributed by atoms with Crippen molar-refractivity contribution in [1.29, 1.82) is 0 Å². The van der Waals surface area contributed by atoms with Crippen LogP contribution in [0.2, 0.25) is 0 Å². The highest BCUT2D eigenvalue weighted by Crippen LogP contribution is 2.10. The molecule has 0 N–H and O–H groups in total. The van der Waals surface area contributed by atoms with E-state index < -0.39 is 0 Å². The number of carbonyl (C=O) groups is 1. The second-order valence-corrected chi connectivity index (χ2v) is 6.96. The lowest BCUT2D eigenvalue weighted by molar-refractivity contribution is -0.144. The van der Waals surface area contributed by atoms with Crippen LogP contribution in [0.1, 0.15) is 24.5 Å². The Morgan fingerprint density at radius 3 is 3.14 bits per heavy atom. The van der Waals surface area contributed by atoms with Gasteiger partial charge in [0.1, 0.15) is 12.7 Å². The van der Waals surface area contributed by atoms with Gasteiger partial charge in [0.15, 0.2) is 0 Å². The van der Waals surface area contributed by atoms with Crippen LogP contribution in [0.3, 0.4) is 0 Å². The molecule has 0 aromatic carbocycles. The van der Waals surface area contributed by atoms with Crippen molar-refractivity contribution in [3.8, 4) is 0 Å². The third-order valence-corrected chi connectivity index (χ3v) is 4.08. The van der Waals surface area contributed by atoms with Gasteiger partial charge in [-0.15, -0.1) is 11.3 Å². The Kier molecular flexibility index (Phi) is 6.54. The van der Waals surface area contributed by atoms with Gasteiger partial charge in [-0.2, -0.15) is 0 Å². The van der Waals surface area contributed by atoms with E-state index in [0.717, 1.165) is 30.3 Å². The number of aromatic nitrogens is 1. The number of esters is 1. The molecule has 2 rings (SSSR count). The topological polar surface area (TPSA) is 51.7 Å². The Hall–Kier alpha value is -1.24. The van der Waals surface area contributed by atoms with Crippen LogP contribution in [-0.2, 0) is 14.3 Å². The summed E-state index contributed by atoms with van der Waals surface area (Å²) in [6, 6.07) is 0. The molecule has 6 heteroatoms. The Balaban J connectivity index is 1.72. The van der Waals surface area contributed by atoms with Crippen molar-refractivity contribution in [2.24, 2.45) is 5.92 Å². The SMILES string of the molecule is Cc1nc(C=CC(=O)OCC2CN(CC(C)C)CCO2)cs1. The molecule has 122 valence electrons. The minimum atomic E-state index is -0.352. The van der Waals surface area contributed by atoms with Crippen molar-refractivity contribution in [2.75, 3.05) is 32.8 Å². The minimum absolute atomic E-state index is 0.0358. The van der Waals surface area contributed by atoms with Crippen LogP contribution in [0.5, 0.6) is 0 Å². The number of morpholine rings is 1. The van der Waals surface area contributed by atoms with Crippen LogP contribution < -0.4 is 0 Å². The van der Waals surface area contributed by atoms with E-state index >= 15 is 0 Å². The molecular weight excluding hydrogens is 300 g/mol. The molecule has 0 aliphatic carbocycles. The molecular formula is C16H24N2O3S. The van der Waals surface area contributed by atoms with Crippen LogP contribution in [0.25, 0.3) is 6.08 Å². The standard InChI is InChI=1S/C16H24N2O3S/c1-12(2)8-18-6-7-20-15(9-18)10-21-16(19)5-4-14-11-22-13(3)17-14/h4-5,11-12,15H,6-10H2,1-3H3. The Bertz CT molecular complexity index is 513. The lowest BCUT2D eigenvalue weighted by atomic mass is 10.2. The lowest BCUT2D eigenvalue weighted by Gasteiger charge is -2.33. The zero-order chi connectivity index (χ0) is 15.9. The number of ether oxygens (including phenoxy) is 2. The predicted octanol–water partition coefficient (Wildman–Crippen LogP) is 2.36. The Labute approximate surface area is 135 Å². The average Bonchev–Trinajstić information content (AvgIpc) is 2.88. The van der Waals surface area contributed by atoms with E-state index in [4.69, 9.17) is 9.47 Å². The maximum Gasteiger partial charge on any atom is 0.330 e. The van der Waals surface area contributed by atoms with Crippen molar-refractivity contribution < 1.29 is 14.3 Å². The van der Waals surface area contributed by atoms with Crippen LogP contribution in [0, 0.1) is 12.8 Å². The molecule has 5 nitrogen and oxygen atoms in total. The first kappa shape index (κ1) is 17.1. The highest BCUT2D eigenvalue weighted by molar-refractivity contribution is 7.09. The average molecular weight is 324 g/mol. The smallest absolute Gasteiger partial charge is 0.330 e. The minimum Gasteiger partial charge on any atom is -0.460 e. The largest absolute Gasteiger partial charge is 0.460 e. The summed E-state index contributed by atoms with van der Waals surface area (Å²) < 4.78 is 10.9. The van der Waals surface area contributed by atoms with Crippen molar-refractivity contribution >= 4 is 23.4 Å². The quantitative estimate of drug-likeness (QED) is 0.594. The van der Waals surface area contributed by atoms with Gasteiger partial charge in [-0.3, -0.25) is 4.90 Å².